The number of hydrogen-bond donors (Lipinski definition) is 2. The van der Waals surface area contributed by atoms with Crippen molar-refractivity contribution in [2.45, 2.75) is 213 Å². The van der Waals surface area contributed by atoms with E-state index >= 15 is 0 Å². The quantitative estimate of drug-likeness (QED) is 0.0269. The van der Waals surface area contributed by atoms with Crippen LogP contribution >= 0.6 is 7.82 Å². The third-order valence-electron chi connectivity index (χ3n) is 9.35. The van der Waals surface area contributed by atoms with Crippen LogP contribution < -0.4 is 5.73 Å². The fourth-order valence-corrected chi connectivity index (χ4v) is 6.87. The standard InChI is InChI=1S/C43H82NO8P/c1-3-5-7-9-11-13-15-17-18-19-20-21-22-24-25-27-29-31-33-35-42(45)49-39-41(40-51-53(47,48)50-38-37-44)52-43(46)36-34-32-30-28-26-23-16-14-12-10-8-6-4-2/h23,26,30,32,41H,3-22,24-25,27-29,31,33-40,44H2,1-2H3,(H,47,48)/b26-23+,32-30+. The summed E-state index contributed by atoms with van der Waals surface area (Å²) in [5.74, 6) is -0.899. The maximum atomic E-state index is 12.5. The molecular weight excluding hydrogens is 689 g/mol. The summed E-state index contributed by atoms with van der Waals surface area (Å²) in [7, 11) is -4.38. The van der Waals surface area contributed by atoms with Gasteiger partial charge in [0, 0.05) is 19.4 Å². The SMILES string of the molecule is CCCCCCCC/C=C/C/C=C/CCC(=O)OC(COC(=O)CCCCCCCCCCCCCCCCCCCCC)COP(=O)(O)OCCN. The molecule has 9 nitrogen and oxygen atoms in total. The van der Waals surface area contributed by atoms with Crippen LogP contribution in [0.25, 0.3) is 0 Å². The first-order valence-electron chi connectivity index (χ1n) is 21.8. The Labute approximate surface area is 325 Å². The van der Waals surface area contributed by atoms with Crippen molar-refractivity contribution in [1.82, 2.24) is 0 Å². The number of rotatable bonds is 41. The van der Waals surface area contributed by atoms with Gasteiger partial charge >= 0.3 is 19.8 Å². The number of allylic oxidation sites excluding steroid dienone is 4. The van der Waals surface area contributed by atoms with E-state index in [4.69, 9.17) is 24.3 Å². The number of ether oxygens (including phenoxy) is 2. The Morgan fingerprint density at radius 3 is 1.51 bits per heavy atom. The number of phosphoric ester groups is 1. The molecular formula is C43H82NO8P. The molecule has 0 aliphatic heterocycles. The van der Waals surface area contributed by atoms with E-state index in [-0.39, 0.29) is 32.6 Å². The topological polar surface area (TPSA) is 134 Å². The second-order valence-corrected chi connectivity index (χ2v) is 16.0. The largest absolute Gasteiger partial charge is 0.472 e. The zero-order chi connectivity index (χ0) is 38.9. The van der Waals surface area contributed by atoms with Crippen molar-refractivity contribution in [1.29, 1.82) is 0 Å². The van der Waals surface area contributed by atoms with E-state index in [0.717, 1.165) is 32.1 Å². The van der Waals surface area contributed by atoms with Gasteiger partial charge in [0.05, 0.1) is 13.2 Å². The molecule has 0 rings (SSSR count). The maximum Gasteiger partial charge on any atom is 0.472 e. The third kappa shape index (κ3) is 40.0. The Morgan fingerprint density at radius 1 is 0.566 bits per heavy atom. The van der Waals surface area contributed by atoms with Gasteiger partial charge in [0.25, 0.3) is 0 Å². The van der Waals surface area contributed by atoms with Gasteiger partial charge in [0.15, 0.2) is 6.10 Å². The Balaban J connectivity index is 4.14. The summed E-state index contributed by atoms with van der Waals surface area (Å²) in [6, 6.07) is 0. The van der Waals surface area contributed by atoms with Gasteiger partial charge in [-0.2, -0.15) is 0 Å². The van der Waals surface area contributed by atoms with Gasteiger partial charge in [-0.25, -0.2) is 4.57 Å². The van der Waals surface area contributed by atoms with Crippen molar-refractivity contribution in [2.24, 2.45) is 5.73 Å². The average molecular weight is 772 g/mol. The van der Waals surface area contributed by atoms with Crippen molar-refractivity contribution >= 4 is 19.8 Å². The zero-order valence-corrected chi connectivity index (χ0v) is 35.2. The molecule has 0 amide bonds. The molecule has 0 radical (unpaired) electrons. The Kier molecular flexibility index (Phi) is 39.0. The highest BCUT2D eigenvalue weighted by molar-refractivity contribution is 7.47. The molecule has 0 saturated heterocycles. The van der Waals surface area contributed by atoms with Gasteiger partial charge in [-0.05, 0) is 32.1 Å². The summed E-state index contributed by atoms with van der Waals surface area (Å²) in [6.07, 6.45) is 42.3. The maximum absolute atomic E-state index is 12.5. The van der Waals surface area contributed by atoms with Crippen molar-refractivity contribution < 1.29 is 37.6 Å². The predicted molar refractivity (Wildman–Crippen MR) is 220 cm³/mol. The lowest BCUT2D eigenvalue weighted by atomic mass is 10.0. The van der Waals surface area contributed by atoms with Gasteiger partial charge in [-0.1, -0.05) is 186 Å². The van der Waals surface area contributed by atoms with E-state index in [1.54, 1.807) is 0 Å². The molecule has 0 aromatic heterocycles. The average Bonchev–Trinajstić information content (AvgIpc) is 3.14. The minimum absolute atomic E-state index is 0.0475. The summed E-state index contributed by atoms with van der Waals surface area (Å²) >= 11 is 0. The summed E-state index contributed by atoms with van der Waals surface area (Å²) in [5.41, 5.74) is 5.34. The molecule has 3 N–H and O–H groups in total. The number of carbonyl (C=O) groups excluding carboxylic acids is 2. The molecule has 0 fully saturated rings. The van der Waals surface area contributed by atoms with E-state index < -0.39 is 32.5 Å². The summed E-state index contributed by atoms with van der Waals surface area (Å²) in [4.78, 5) is 34.8. The van der Waals surface area contributed by atoms with Gasteiger partial charge in [0.1, 0.15) is 6.61 Å². The van der Waals surface area contributed by atoms with Gasteiger partial charge in [-0.15, -0.1) is 0 Å². The molecule has 2 atom stereocenters. The van der Waals surface area contributed by atoms with Crippen LogP contribution in [0.5, 0.6) is 0 Å². The predicted octanol–water partition coefficient (Wildman–Crippen LogP) is 12.4. The molecule has 2 unspecified atom stereocenters. The monoisotopic (exact) mass is 772 g/mol. The zero-order valence-electron chi connectivity index (χ0n) is 34.3. The van der Waals surface area contributed by atoms with Crippen LogP contribution in [0.3, 0.4) is 0 Å². The molecule has 10 heteroatoms. The van der Waals surface area contributed by atoms with Crippen LogP contribution in [-0.4, -0.2) is 49.3 Å². The van der Waals surface area contributed by atoms with E-state index in [9.17, 15) is 19.0 Å². The summed E-state index contributed by atoms with van der Waals surface area (Å²) < 4.78 is 32.7. The summed E-state index contributed by atoms with van der Waals surface area (Å²) in [5, 5.41) is 0. The second-order valence-electron chi connectivity index (χ2n) is 14.6. The van der Waals surface area contributed by atoms with E-state index in [1.807, 2.05) is 12.2 Å². The van der Waals surface area contributed by atoms with Gasteiger partial charge in [-0.3, -0.25) is 18.6 Å². The molecule has 0 bridgehead atoms. The van der Waals surface area contributed by atoms with Crippen LogP contribution in [0.15, 0.2) is 24.3 Å². The molecule has 0 aliphatic carbocycles. The van der Waals surface area contributed by atoms with Crippen LogP contribution in [0.1, 0.15) is 206 Å². The molecule has 312 valence electrons. The Morgan fingerprint density at radius 2 is 1.02 bits per heavy atom. The van der Waals surface area contributed by atoms with E-state index in [2.05, 4.69) is 26.0 Å². The lowest BCUT2D eigenvalue weighted by Gasteiger charge is -2.19. The minimum atomic E-state index is -4.38. The van der Waals surface area contributed by atoms with Gasteiger partial charge < -0.3 is 20.1 Å². The molecule has 0 aromatic rings. The molecule has 0 aromatic carbocycles. The number of unbranched alkanes of at least 4 members (excludes halogenated alkanes) is 24. The van der Waals surface area contributed by atoms with Crippen molar-refractivity contribution in [3.63, 3.8) is 0 Å². The first kappa shape index (κ1) is 51.5. The van der Waals surface area contributed by atoms with Crippen molar-refractivity contribution in [3.05, 3.63) is 24.3 Å². The Hall–Kier alpha value is -1.51. The van der Waals surface area contributed by atoms with Crippen LogP contribution in [0, 0.1) is 0 Å². The van der Waals surface area contributed by atoms with Gasteiger partial charge in [0.2, 0.25) is 0 Å². The smallest absolute Gasteiger partial charge is 0.462 e. The lowest BCUT2D eigenvalue weighted by Crippen LogP contribution is -2.29. The fraction of sp³-hybridized carbons (Fsp3) is 0.860. The summed E-state index contributed by atoms with van der Waals surface area (Å²) in [6.45, 7) is 3.68. The number of esters is 2. The fourth-order valence-electron chi connectivity index (χ4n) is 6.10. The number of nitrogens with two attached hydrogens (primary N) is 1. The second kappa shape index (κ2) is 40.2. The van der Waals surface area contributed by atoms with E-state index in [0.29, 0.717) is 6.42 Å². The molecule has 0 spiro atoms. The first-order valence-corrected chi connectivity index (χ1v) is 23.3. The third-order valence-corrected chi connectivity index (χ3v) is 10.3. The van der Waals surface area contributed by atoms with Crippen molar-refractivity contribution in [3.8, 4) is 0 Å². The Bertz CT molecular complexity index is 928. The van der Waals surface area contributed by atoms with E-state index in [1.165, 1.54) is 141 Å². The van der Waals surface area contributed by atoms with Crippen molar-refractivity contribution in [2.75, 3.05) is 26.4 Å². The lowest BCUT2D eigenvalue weighted by molar-refractivity contribution is -0.161. The normalized spacial score (nSPS) is 13.5. The molecule has 0 aliphatic rings. The molecule has 0 saturated carbocycles. The van der Waals surface area contributed by atoms with Crippen LogP contribution in [0.2, 0.25) is 0 Å². The number of carbonyl (C=O) groups is 2. The highest BCUT2D eigenvalue weighted by atomic mass is 31.2. The molecule has 53 heavy (non-hydrogen) atoms. The number of hydrogen-bond acceptors (Lipinski definition) is 8. The minimum Gasteiger partial charge on any atom is -0.462 e. The van der Waals surface area contributed by atoms with Crippen LogP contribution in [0.4, 0.5) is 0 Å². The van der Waals surface area contributed by atoms with Crippen LogP contribution in [-0.2, 0) is 32.7 Å². The first-order chi connectivity index (χ1) is 25.8. The highest BCUT2D eigenvalue weighted by Gasteiger charge is 2.25. The number of phosphoric acid groups is 1. The highest BCUT2D eigenvalue weighted by Crippen LogP contribution is 2.43. The molecule has 0 heterocycles.